The van der Waals surface area contributed by atoms with Crippen LogP contribution in [0.5, 0.6) is 0 Å². The molecule has 0 N–H and O–H groups in total. The predicted octanol–water partition coefficient (Wildman–Crippen LogP) is 6.64. The first kappa shape index (κ1) is 34.2. The predicted molar refractivity (Wildman–Crippen MR) is 149 cm³/mol. The third-order valence-corrected chi connectivity index (χ3v) is 6.91. The van der Waals surface area contributed by atoms with Crippen molar-refractivity contribution in [3.05, 3.63) is 150 Å². The van der Waals surface area contributed by atoms with Gasteiger partial charge < -0.3 is 14.9 Å². The van der Waals surface area contributed by atoms with E-state index in [1.807, 2.05) is 0 Å². The molecule has 2 aromatic rings. The summed E-state index contributed by atoms with van der Waals surface area (Å²) in [4.78, 5) is 4.52. The Bertz CT molecular complexity index is 725. The van der Waals surface area contributed by atoms with Gasteiger partial charge in [-0.05, 0) is 105 Å². The molecule has 4 rings (SSSR count). The van der Waals surface area contributed by atoms with Gasteiger partial charge >= 0.3 is 26.2 Å². The summed E-state index contributed by atoms with van der Waals surface area (Å²) in [7, 11) is 8.50. The molecule has 2 fully saturated rings. The summed E-state index contributed by atoms with van der Waals surface area (Å²) in [6.07, 6.45) is 17.1. The second-order valence-electron chi connectivity index (χ2n) is 9.01. The third kappa shape index (κ3) is 7.62. The zero-order chi connectivity index (χ0) is 23.2. The Kier molecular flexibility index (Phi) is 15.1. The van der Waals surface area contributed by atoms with E-state index >= 15 is 0 Å². The molecule has 2 aliphatic rings. The monoisotopic (exact) mass is 544 g/mol. The van der Waals surface area contributed by atoms with Crippen LogP contribution in [0.2, 0.25) is 0 Å². The molecule has 35 heavy (non-hydrogen) atoms. The van der Waals surface area contributed by atoms with Gasteiger partial charge in [0.15, 0.2) is 0 Å². The van der Waals surface area contributed by atoms with Crippen LogP contribution in [0.25, 0.3) is 0 Å². The van der Waals surface area contributed by atoms with E-state index in [1.54, 1.807) is 0 Å². The van der Waals surface area contributed by atoms with Crippen LogP contribution < -0.4 is 0 Å². The van der Waals surface area contributed by atoms with Gasteiger partial charge in [0.25, 0.3) is 0 Å². The molecule has 0 amide bonds. The van der Waals surface area contributed by atoms with Crippen molar-refractivity contribution >= 4 is 0 Å². The standard InChI is InChI=1S/2C15H18N.2CH3.Zr/c2*1-15(16(2)3,14-11-7-8-12-14)13-9-5-4-6-10-13;;;/h2*4-12H,1-3H3;2*1H3;/q;;2*-1;+4. The van der Waals surface area contributed by atoms with Crippen LogP contribution in [0.15, 0.2) is 60.7 Å². The smallest absolute Gasteiger partial charge is 0.358 e. The first-order chi connectivity index (χ1) is 15.3. The van der Waals surface area contributed by atoms with Gasteiger partial charge in [0.1, 0.15) is 0 Å². The molecule has 10 radical (unpaired) electrons. The molecule has 0 heterocycles. The summed E-state index contributed by atoms with van der Waals surface area (Å²) >= 11 is 0. The zero-order valence-electron chi connectivity index (χ0n) is 22.8. The number of hydrogen-bond donors (Lipinski definition) is 0. The summed E-state index contributed by atoms with van der Waals surface area (Å²) in [6.45, 7) is 4.52. The van der Waals surface area contributed by atoms with Crippen LogP contribution in [-0.2, 0) is 37.3 Å². The number of rotatable bonds is 6. The van der Waals surface area contributed by atoms with Gasteiger partial charge in [-0.1, -0.05) is 60.7 Å². The summed E-state index contributed by atoms with van der Waals surface area (Å²) in [5.41, 5.74) is 2.55. The maximum Gasteiger partial charge on any atom is 4.00 e. The molecule has 2 aliphatic carbocycles. The van der Waals surface area contributed by atoms with E-state index in [9.17, 15) is 0 Å². The Hall–Kier alpha value is -0.757. The van der Waals surface area contributed by atoms with Gasteiger partial charge in [0.05, 0.1) is 0 Å². The molecule has 0 spiro atoms. The van der Waals surface area contributed by atoms with Crippen LogP contribution in [0.1, 0.15) is 25.0 Å². The first-order valence-corrected chi connectivity index (χ1v) is 11.2. The Balaban J connectivity index is 0.000000608. The van der Waals surface area contributed by atoms with Crippen molar-refractivity contribution in [2.45, 2.75) is 24.9 Å². The topological polar surface area (TPSA) is 6.48 Å². The Morgan fingerprint density at radius 3 is 0.971 bits per heavy atom. The Labute approximate surface area is 238 Å². The van der Waals surface area contributed by atoms with Crippen molar-refractivity contribution in [1.82, 2.24) is 9.80 Å². The van der Waals surface area contributed by atoms with Gasteiger partial charge in [-0.25, -0.2) is 0 Å². The summed E-state index contributed by atoms with van der Waals surface area (Å²) < 4.78 is 0. The molecular formula is C32H42N2Zr+2. The summed E-state index contributed by atoms with van der Waals surface area (Å²) in [6, 6.07) is 21.3. The second-order valence-corrected chi connectivity index (χ2v) is 9.01. The second kappa shape index (κ2) is 15.5. The van der Waals surface area contributed by atoms with Gasteiger partial charge in [-0.2, -0.15) is 0 Å². The minimum atomic E-state index is -0.0508. The van der Waals surface area contributed by atoms with Crippen molar-refractivity contribution in [2.75, 3.05) is 28.2 Å². The van der Waals surface area contributed by atoms with E-state index in [0.717, 1.165) is 0 Å². The van der Waals surface area contributed by atoms with Crippen molar-refractivity contribution in [3.63, 3.8) is 0 Å². The van der Waals surface area contributed by atoms with Crippen LogP contribution in [0.4, 0.5) is 0 Å². The number of benzene rings is 2. The molecule has 2 unspecified atom stereocenters. The average Bonchev–Trinajstić information content (AvgIpc) is 3.54. The number of nitrogens with zero attached hydrogens (tertiary/aromatic N) is 2. The van der Waals surface area contributed by atoms with E-state index in [4.69, 9.17) is 0 Å². The van der Waals surface area contributed by atoms with Gasteiger partial charge in [0.2, 0.25) is 0 Å². The minimum Gasteiger partial charge on any atom is -0.358 e. The summed E-state index contributed by atoms with van der Waals surface area (Å²) in [5, 5.41) is 0. The van der Waals surface area contributed by atoms with Crippen molar-refractivity contribution in [1.29, 1.82) is 0 Å². The minimum absolute atomic E-state index is 0. The van der Waals surface area contributed by atoms with Crippen molar-refractivity contribution in [3.8, 4) is 0 Å². The maximum absolute atomic E-state index is 2.26. The molecule has 2 atom stereocenters. The summed E-state index contributed by atoms with van der Waals surface area (Å²) in [5.74, 6) is 2.67. The molecule has 182 valence electrons. The fourth-order valence-electron chi connectivity index (χ4n) is 4.29. The first-order valence-electron chi connectivity index (χ1n) is 11.2. The fourth-order valence-corrected chi connectivity index (χ4v) is 4.29. The molecule has 2 aromatic carbocycles. The maximum atomic E-state index is 2.26. The zero-order valence-corrected chi connectivity index (χ0v) is 25.2. The van der Waals surface area contributed by atoms with Crippen LogP contribution >= 0.6 is 0 Å². The van der Waals surface area contributed by atoms with E-state index in [-0.39, 0.29) is 52.1 Å². The normalized spacial score (nSPS) is 19.4. The van der Waals surface area contributed by atoms with Crippen LogP contribution in [-0.4, -0.2) is 38.0 Å². The molecular weight excluding hydrogens is 504 g/mol. The molecule has 0 saturated heterocycles. The van der Waals surface area contributed by atoms with Crippen LogP contribution in [0, 0.1) is 78.1 Å². The fraction of sp³-hybridized carbons (Fsp3) is 0.250. The molecule has 0 aliphatic heterocycles. The molecule has 2 saturated carbocycles. The molecule has 2 nitrogen and oxygen atoms in total. The third-order valence-electron chi connectivity index (χ3n) is 6.91. The van der Waals surface area contributed by atoms with Gasteiger partial charge in [-0.3, -0.25) is 9.80 Å². The average molecular weight is 546 g/mol. The Morgan fingerprint density at radius 2 is 0.743 bits per heavy atom. The van der Waals surface area contributed by atoms with E-state index in [1.165, 1.54) is 23.0 Å². The van der Waals surface area contributed by atoms with E-state index in [0.29, 0.717) is 0 Å². The van der Waals surface area contributed by atoms with Gasteiger partial charge in [-0.15, -0.1) is 0 Å². The molecule has 0 aromatic heterocycles. The quantitative estimate of drug-likeness (QED) is 0.376. The van der Waals surface area contributed by atoms with E-state index < -0.39 is 0 Å². The largest absolute Gasteiger partial charge is 4.00 e. The SMILES string of the molecule is CN(C)C(C)([C]1[CH][CH][CH][CH]1)c1ccccc1.CN(C)C(C)([C]1[CH][CH][CH][CH]1)c1ccccc1.[CH3-].[CH3-].[Zr+4]. The van der Waals surface area contributed by atoms with Gasteiger partial charge in [0, 0.05) is 22.9 Å². The Morgan fingerprint density at radius 1 is 0.486 bits per heavy atom. The number of hydrogen-bond acceptors (Lipinski definition) is 2. The molecule has 0 bridgehead atoms. The van der Waals surface area contributed by atoms with Crippen molar-refractivity contribution in [2.24, 2.45) is 0 Å². The van der Waals surface area contributed by atoms with E-state index in [2.05, 4.69) is 164 Å². The van der Waals surface area contributed by atoms with Crippen LogP contribution in [0.3, 0.4) is 0 Å². The van der Waals surface area contributed by atoms with Crippen molar-refractivity contribution < 1.29 is 26.2 Å². The molecule has 3 heteroatoms.